The van der Waals surface area contributed by atoms with Crippen molar-refractivity contribution < 1.29 is 32.9 Å². The van der Waals surface area contributed by atoms with Gasteiger partial charge < -0.3 is 28.8 Å². The minimum atomic E-state index is -4.61. The van der Waals surface area contributed by atoms with Crippen molar-refractivity contribution in [2.24, 2.45) is 0 Å². The van der Waals surface area contributed by atoms with Crippen LogP contribution in [-0.2, 0) is 18.4 Å². The average Bonchev–Trinajstić information content (AvgIpc) is 3.33. The second-order valence-electron chi connectivity index (χ2n) is 22.0. The zero-order chi connectivity index (χ0) is 52.0. The lowest BCUT2D eigenvalue weighted by Crippen LogP contribution is -2.45. The lowest BCUT2D eigenvalue weighted by molar-refractivity contribution is -0.870. The zero-order valence-electron chi connectivity index (χ0n) is 47.7. The highest BCUT2D eigenvalue weighted by Gasteiger charge is 2.23. The Labute approximate surface area is 441 Å². The number of likely N-dealkylation sites (N-methyl/N-ethyl adjacent to an activating group) is 1. The van der Waals surface area contributed by atoms with Gasteiger partial charge in [0, 0.05) is 6.42 Å². The molecule has 0 radical (unpaired) electrons. The number of carbonyl (C=O) groups excluding carboxylic acids is 1. The summed E-state index contributed by atoms with van der Waals surface area (Å²) in [6.07, 6.45) is 70.8. The number of unbranched alkanes of at least 4 members (excludes halogenated alkanes) is 37. The van der Waals surface area contributed by atoms with Gasteiger partial charge in [-0.05, 0) is 70.6 Å². The molecule has 2 N–H and O–H groups in total. The number of hydrogen-bond donors (Lipinski definition) is 2. The number of allylic oxidation sites excluding steroid dienone is 7. The second kappa shape index (κ2) is 53.3. The minimum absolute atomic E-state index is 0.00842. The third kappa shape index (κ3) is 56.0. The Bertz CT molecular complexity index is 1290. The topological polar surface area (TPSA) is 108 Å². The molecule has 9 heteroatoms. The van der Waals surface area contributed by atoms with E-state index in [4.69, 9.17) is 9.05 Å². The van der Waals surface area contributed by atoms with Crippen LogP contribution in [-0.4, -0.2) is 68.5 Å². The van der Waals surface area contributed by atoms with E-state index in [0.717, 1.165) is 44.9 Å². The first-order valence-corrected chi connectivity index (χ1v) is 32.0. The highest BCUT2D eigenvalue weighted by molar-refractivity contribution is 7.45. The summed E-state index contributed by atoms with van der Waals surface area (Å²) < 4.78 is 23.3. The van der Waals surface area contributed by atoms with Crippen LogP contribution in [0.5, 0.6) is 0 Å². The van der Waals surface area contributed by atoms with Crippen LogP contribution in [0.15, 0.2) is 48.6 Å². The fraction of sp³-hybridized carbons (Fsp3) is 0.855. The Morgan fingerprint density at radius 1 is 0.479 bits per heavy atom. The molecule has 0 aromatic heterocycles. The van der Waals surface area contributed by atoms with Crippen molar-refractivity contribution in [3.8, 4) is 0 Å². The van der Waals surface area contributed by atoms with Gasteiger partial charge in [0.1, 0.15) is 13.2 Å². The van der Waals surface area contributed by atoms with Crippen LogP contribution in [0, 0.1) is 0 Å². The number of phosphoric acid groups is 1. The summed E-state index contributed by atoms with van der Waals surface area (Å²) >= 11 is 0. The fourth-order valence-corrected chi connectivity index (χ4v) is 9.67. The zero-order valence-corrected chi connectivity index (χ0v) is 48.6. The smallest absolute Gasteiger partial charge is 0.268 e. The van der Waals surface area contributed by atoms with Gasteiger partial charge in [-0.25, -0.2) is 0 Å². The van der Waals surface area contributed by atoms with Gasteiger partial charge in [-0.3, -0.25) is 9.36 Å². The lowest BCUT2D eigenvalue weighted by Gasteiger charge is -2.29. The standard InChI is InChI=1S/C62H119N2O6P/c1-6-8-10-12-14-16-18-20-22-23-24-25-26-27-28-29-30-31-32-33-34-35-36-37-38-39-40-41-42-44-46-48-50-52-54-56-62(66)63-60(59-70-71(67,68)69-58-57-64(3,4)5)61(65)55-53-51-49-47-45-43-21-19-17-15-13-11-9-7-2/h17,19,23-24,45,47,53,55,60-61,65H,6-16,18,20-22,25-44,46,48-52,54,56-59H2,1-5H3,(H-,63,66,67,68)/b19-17+,24-23-,47-45+,55-53+. The Morgan fingerprint density at radius 3 is 1.15 bits per heavy atom. The molecule has 0 aromatic carbocycles. The molecule has 8 nitrogen and oxygen atoms in total. The first-order valence-electron chi connectivity index (χ1n) is 30.5. The van der Waals surface area contributed by atoms with Crippen LogP contribution in [0.25, 0.3) is 0 Å². The molecule has 0 heterocycles. The van der Waals surface area contributed by atoms with Crippen molar-refractivity contribution in [2.45, 2.75) is 302 Å². The summed E-state index contributed by atoms with van der Waals surface area (Å²) in [5, 5.41) is 13.8. The van der Waals surface area contributed by atoms with Crippen LogP contribution >= 0.6 is 7.82 Å². The molecule has 0 rings (SSSR count). The summed E-state index contributed by atoms with van der Waals surface area (Å²) in [6.45, 7) is 4.62. The van der Waals surface area contributed by atoms with Gasteiger partial charge in [0.15, 0.2) is 0 Å². The third-order valence-electron chi connectivity index (χ3n) is 13.7. The lowest BCUT2D eigenvalue weighted by atomic mass is 10.0. The molecule has 0 aliphatic carbocycles. The highest BCUT2D eigenvalue weighted by Crippen LogP contribution is 2.38. The van der Waals surface area contributed by atoms with Gasteiger partial charge in [-0.15, -0.1) is 0 Å². The number of aliphatic hydroxyl groups is 1. The summed E-state index contributed by atoms with van der Waals surface area (Å²) in [6, 6.07) is -0.908. The van der Waals surface area contributed by atoms with E-state index in [1.165, 1.54) is 225 Å². The van der Waals surface area contributed by atoms with Crippen molar-refractivity contribution in [1.29, 1.82) is 0 Å². The van der Waals surface area contributed by atoms with E-state index in [1.807, 2.05) is 27.2 Å². The molecule has 3 atom stereocenters. The van der Waals surface area contributed by atoms with E-state index in [0.29, 0.717) is 17.4 Å². The molecule has 71 heavy (non-hydrogen) atoms. The average molecular weight is 1020 g/mol. The maximum Gasteiger partial charge on any atom is 0.268 e. The van der Waals surface area contributed by atoms with E-state index in [1.54, 1.807) is 6.08 Å². The molecule has 3 unspecified atom stereocenters. The number of phosphoric ester groups is 1. The van der Waals surface area contributed by atoms with Crippen molar-refractivity contribution in [1.82, 2.24) is 5.32 Å². The second-order valence-corrected chi connectivity index (χ2v) is 23.4. The highest BCUT2D eigenvalue weighted by atomic mass is 31.2. The number of hydrogen-bond acceptors (Lipinski definition) is 6. The normalized spacial score (nSPS) is 14.2. The fourth-order valence-electron chi connectivity index (χ4n) is 8.95. The number of carbonyl (C=O) groups is 1. The predicted molar refractivity (Wildman–Crippen MR) is 307 cm³/mol. The van der Waals surface area contributed by atoms with Crippen LogP contribution in [0.2, 0.25) is 0 Å². The number of quaternary nitrogens is 1. The molecule has 418 valence electrons. The van der Waals surface area contributed by atoms with Gasteiger partial charge in [0.2, 0.25) is 5.91 Å². The Hall–Kier alpha value is -1.54. The van der Waals surface area contributed by atoms with E-state index in [9.17, 15) is 19.4 Å². The molecular formula is C62H119N2O6P. The van der Waals surface area contributed by atoms with Gasteiger partial charge in [0.05, 0.1) is 39.9 Å². The number of rotatable bonds is 56. The molecule has 0 spiro atoms. The Balaban J connectivity index is 3.98. The maximum atomic E-state index is 12.9. The van der Waals surface area contributed by atoms with Crippen LogP contribution in [0.3, 0.4) is 0 Å². The third-order valence-corrected chi connectivity index (χ3v) is 14.7. The molecule has 0 saturated heterocycles. The van der Waals surface area contributed by atoms with E-state index in [-0.39, 0.29) is 12.5 Å². The monoisotopic (exact) mass is 1020 g/mol. The summed E-state index contributed by atoms with van der Waals surface area (Å²) in [5.41, 5.74) is 0. The Morgan fingerprint density at radius 2 is 0.789 bits per heavy atom. The Kier molecular flexibility index (Phi) is 52.1. The molecule has 0 bridgehead atoms. The molecule has 0 saturated carbocycles. The molecular weight excluding hydrogens is 900 g/mol. The molecule has 1 amide bonds. The summed E-state index contributed by atoms with van der Waals surface area (Å²) in [4.78, 5) is 25.5. The summed E-state index contributed by atoms with van der Waals surface area (Å²) in [7, 11) is 1.24. The van der Waals surface area contributed by atoms with E-state index < -0.39 is 26.6 Å². The van der Waals surface area contributed by atoms with Gasteiger partial charge in [-0.2, -0.15) is 0 Å². The van der Waals surface area contributed by atoms with Crippen molar-refractivity contribution in [3.05, 3.63) is 48.6 Å². The number of aliphatic hydroxyl groups excluding tert-OH is 1. The minimum Gasteiger partial charge on any atom is -0.756 e. The largest absolute Gasteiger partial charge is 0.756 e. The SMILES string of the molecule is CCCCCC/C=C/CC/C=C/CC/C=C/C(O)C(COP(=O)([O-])OCC[N+](C)(C)C)NC(=O)CCCCCCCCCCCCCCCCCCCCCCCCC/C=C\CCCCCCCCCC. The molecule has 0 aromatic rings. The number of amides is 1. The quantitative estimate of drug-likeness (QED) is 0.0272. The van der Waals surface area contributed by atoms with E-state index in [2.05, 4.69) is 55.6 Å². The van der Waals surface area contributed by atoms with Gasteiger partial charge >= 0.3 is 0 Å². The molecule has 0 aliphatic rings. The van der Waals surface area contributed by atoms with Crippen molar-refractivity contribution >= 4 is 13.7 Å². The van der Waals surface area contributed by atoms with Gasteiger partial charge in [0.25, 0.3) is 7.82 Å². The molecule has 0 aliphatic heterocycles. The van der Waals surface area contributed by atoms with Crippen LogP contribution in [0.4, 0.5) is 0 Å². The van der Waals surface area contributed by atoms with E-state index >= 15 is 0 Å². The predicted octanol–water partition coefficient (Wildman–Crippen LogP) is 18.1. The number of nitrogens with zero attached hydrogens (tertiary/aromatic N) is 1. The van der Waals surface area contributed by atoms with Crippen molar-refractivity contribution in [3.63, 3.8) is 0 Å². The first kappa shape index (κ1) is 69.5. The van der Waals surface area contributed by atoms with Crippen LogP contribution in [0.1, 0.15) is 290 Å². The van der Waals surface area contributed by atoms with Crippen LogP contribution < -0.4 is 10.2 Å². The number of nitrogens with one attached hydrogen (secondary N) is 1. The van der Waals surface area contributed by atoms with Gasteiger partial charge in [-0.1, -0.05) is 262 Å². The first-order chi connectivity index (χ1) is 34.5. The van der Waals surface area contributed by atoms with Crippen molar-refractivity contribution in [2.75, 3.05) is 40.9 Å². The molecule has 0 fully saturated rings. The summed E-state index contributed by atoms with van der Waals surface area (Å²) in [5.74, 6) is -0.208. The maximum absolute atomic E-state index is 12.9.